The minimum Gasteiger partial charge on any atom is -0.497 e. The van der Waals surface area contributed by atoms with E-state index in [1.54, 1.807) is 7.11 Å². The first-order chi connectivity index (χ1) is 13.8. The smallest absolute Gasteiger partial charge is 0.119 e. The molecule has 4 heteroatoms. The van der Waals surface area contributed by atoms with E-state index in [0.717, 1.165) is 22.5 Å². The Hall–Kier alpha value is -3.37. The lowest BCUT2D eigenvalue weighted by Crippen LogP contribution is -1.94. The summed E-state index contributed by atoms with van der Waals surface area (Å²) in [6.07, 6.45) is 1.88. The summed E-state index contributed by atoms with van der Waals surface area (Å²) in [5, 5.41) is 3.84. The Morgan fingerprint density at radius 1 is 0.821 bits per heavy atom. The van der Waals surface area contributed by atoms with Gasteiger partial charge in [-0.05, 0) is 48.5 Å². The minimum absolute atomic E-state index is 0.856. The fraction of sp³-hybridized carbons (Fsp3) is 0.0417. The largest absolute Gasteiger partial charge is 0.497 e. The van der Waals surface area contributed by atoms with Gasteiger partial charge in [0, 0.05) is 37.4 Å². The van der Waals surface area contributed by atoms with Crippen molar-refractivity contribution in [2.24, 2.45) is 0 Å². The molecule has 0 radical (unpaired) electrons. The molecule has 0 unspecified atom stereocenters. The van der Waals surface area contributed by atoms with Crippen LogP contribution in [0.15, 0.2) is 79.0 Å². The van der Waals surface area contributed by atoms with Gasteiger partial charge in [0.25, 0.3) is 0 Å². The van der Waals surface area contributed by atoms with Crippen LogP contribution in [0.25, 0.3) is 47.8 Å². The van der Waals surface area contributed by atoms with Gasteiger partial charge in [-0.15, -0.1) is 11.3 Å². The van der Waals surface area contributed by atoms with E-state index in [4.69, 9.17) is 9.72 Å². The molecule has 3 nitrogen and oxygen atoms in total. The zero-order chi connectivity index (χ0) is 18.7. The van der Waals surface area contributed by atoms with Crippen molar-refractivity contribution < 1.29 is 4.74 Å². The van der Waals surface area contributed by atoms with E-state index in [-0.39, 0.29) is 0 Å². The Labute approximate surface area is 165 Å². The molecule has 134 valence electrons. The SMILES string of the molecule is COc1ccc(-n2c3cccnc3c3c4sc5ccccc5c4ccc32)cc1. The van der Waals surface area contributed by atoms with Gasteiger partial charge in [-0.25, -0.2) is 0 Å². The Morgan fingerprint density at radius 3 is 2.54 bits per heavy atom. The molecule has 0 bridgehead atoms. The molecular weight excluding hydrogens is 364 g/mol. The van der Waals surface area contributed by atoms with E-state index in [1.165, 1.54) is 31.1 Å². The van der Waals surface area contributed by atoms with E-state index in [2.05, 4.69) is 59.2 Å². The zero-order valence-corrected chi connectivity index (χ0v) is 16.0. The zero-order valence-electron chi connectivity index (χ0n) is 15.2. The van der Waals surface area contributed by atoms with Crippen molar-refractivity contribution in [3.8, 4) is 11.4 Å². The molecule has 0 amide bonds. The second kappa shape index (κ2) is 5.81. The van der Waals surface area contributed by atoms with Crippen molar-refractivity contribution in [3.63, 3.8) is 0 Å². The maximum absolute atomic E-state index is 5.33. The molecule has 3 heterocycles. The number of rotatable bonds is 2. The standard InChI is InChI=1S/C24H16N2OS/c1-27-16-10-8-15(9-11-16)26-19-13-12-18-17-5-2-3-7-21(17)28-24(18)22(19)23-20(26)6-4-14-25-23/h2-14H,1H3. The lowest BCUT2D eigenvalue weighted by molar-refractivity contribution is 0.415. The normalized spacial score (nSPS) is 11.8. The molecule has 0 saturated carbocycles. The number of methoxy groups -OCH3 is 1. The number of hydrogen-bond donors (Lipinski definition) is 0. The van der Waals surface area contributed by atoms with Crippen LogP contribution in [-0.4, -0.2) is 16.7 Å². The van der Waals surface area contributed by atoms with Gasteiger partial charge in [-0.2, -0.15) is 0 Å². The first-order valence-electron chi connectivity index (χ1n) is 9.19. The summed E-state index contributed by atoms with van der Waals surface area (Å²) in [4.78, 5) is 4.77. The minimum atomic E-state index is 0.856. The van der Waals surface area contributed by atoms with E-state index in [1.807, 2.05) is 35.7 Å². The molecule has 6 aromatic rings. The summed E-state index contributed by atoms with van der Waals surface area (Å²) in [5.74, 6) is 0.856. The van der Waals surface area contributed by atoms with Crippen molar-refractivity contribution in [3.05, 3.63) is 79.0 Å². The van der Waals surface area contributed by atoms with E-state index < -0.39 is 0 Å². The maximum Gasteiger partial charge on any atom is 0.119 e. The first kappa shape index (κ1) is 15.7. The van der Waals surface area contributed by atoms with Crippen LogP contribution < -0.4 is 4.74 Å². The molecule has 0 saturated heterocycles. The number of thiophene rings is 1. The molecular formula is C24H16N2OS. The lowest BCUT2D eigenvalue weighted by atomic mass is 10.1. The third-order valence-corrected chi connectivity index (χ3v) is 6.56. The van der Waals surface area contributed by atoms with Crippen LogP contribution in [0.1, 0.15) is 0 Å². The highest BCUT2D eigenvalue weighted by atomic mass is 32.1. The Kier molecular flexibility index (Phi) is 3.25. The van der Waals surface area contributed by atoms with Crippen LogP contribution in [0, 0.1) is 0 Å². The maximum atomic E-state index is 5.33. The van der Waals surface area contributed by atoms with Crippen molar-refractivity contribution in [2.75, 3.05) is 7.11 Å². The van der Waals surface area contributed by atoms with Gasteiger partial charge in [0.1, 0.15) is 5.75 Å². The topological polar surface area (TPSA) is 27.1 Å². The van der Waals surface area contributed by atoms with Crippen molar-refractivity contribution in [2.45, 2.75) is 0 Å². The van der Waals surface area contributed by atoms with E-state index in [0.29, 0.717) is 0 Å². The molecule has 0 N–H and O–H groups in total. The van der Waals surface area contributed by atoms with E-state index in [9.17, 15) is 0 Å². The predicted octanol–water partition coefficient (Wildman–Crippen LogP) is 6.56. The molecule has 0 aliphatic heterocycles. The monoisotopic (exact) mass is 380 g/mol. The van der Waals surface area contributed by atoms with Gasteiger partial charge in [0.15, 0.2) is 0 Å². The van der Waals surface area contributed by atoms with E-state index >= 15 is 0 Å². The Morgan fingerprint density at radius 2 is 1.68 bits per heavy atom. The molecule has 0 aliphatic rings. The Bertz CT molecular complexity index is 1490. The van der Waals surface area contributed by atoms with Crippen LogP contribution in [0.5, 0.6) is 5.75 Å². The number of hydrogen-bond acceptors (Lipinski definition) is 3. The van der Waals surface area contributed by atoms with Gasteiger partial charge >= 0.3 is 0 Å². The second-order valence-electron chi connectivity index (χ2n) is 6.84. The summed E-state index contributed by atoms with van der Waals surface area (Å²) >= 11 is 1.85. The van der Waals surface area contributed by atoms with Crippen LogP contribution >= 0.6 is 11.3 Å². The Balaban J connectivity index is 1.79. The number of nitrogens with zero attached hydrogens (tertiary/aromatic N) is 2. The number of benzene rings is 3. The highest BCUT2D eigenvalue weighted by Gasteiger charge is 2.17. The van der Waals surface area contributed by atoms with Gasteiger partial charge in [0.05, 0.1) is 23.7 Å². The molecule has 3 aromatic heterocycles. The molecule has 28 heavy (non-hydrogen) atoms. The summed E-state index contributed by atoms with van der Waals surface area (Å²) in [6, 6.07) is 25.4. The summed E-state index contributed by atoms with van der Waals surface area (Å²) in [7, 11) is 1.69. The average molecular weight is 380 g/mol. The average Bonchev–Trinajstić information content (AvgIpc) is 3.29. The van der Waals surface area contributed by atoms with Crippen LogP contribution in [-0.2, 0) is 0 Å². The molecule has 0 fully saturated rings. The second-order valence-corrected chi connectivity index (χ2v) is 7.89. The molecule has 0 atom stereocenters. The van der Waals surface area contributed by atoms with Crippen LogP contribution in [0.4, 0.5) is 0 Å². The van der Waals surface area contributed by atoms with Gasteiger partial charge in [-0.3, -0.25) is 4.98 Å². The fourth-order valence-corrected chi connectivity index (χ4v) is 5.35. The molecule has 3 aromatic carbocycles. The number of aromatic nitrogens is 2. The predicted molar refractivity (Wildman–Crippen MR) is 118 cm³/mol. The van der Waals surface area contributed by atoms with Gasteiger partial charge in [0.2, 0.25) is 0 Å². The third-order valence-electron chi connectivity index (χ3n) is 5.36. The fourth-order valence-electron chi connectivity index (χ4n) is 4.10. The van der Waals surface area contributed by atoms with Crippen molar-refractivity contribution in [1.29, 1.82) is 0 Å². The van der Waals surface area contributed by atoms with Crippen LogP contribution in [0.3, 0.4) is 0 Å². The summed E-state index contributed by atoms with van der Waals surface area (Å²) < 4.78 is 10.2. The van der Waals surface area contributed by atoms with Crippen LogP contribution in [0.2, 0.25) is 0 Å². The summed E-state index contributed by atoms with van der Waals surface area (Å²) in [6.45, 7) is 0. The molecule has 0 spiro atoms. The molecule has 0 aliphatic carbocycles. The lowest BCUT2D eigenvalue weighted by Gasteiger charge is -2.08. The molecule has 6 rings (SSSR count). The van der Waals surface area contributed by atoms with Crippen molar-refractivity contribution in [1.82, 2.24) is 9.55 Å². The number of ether oxygens (including phenoxy) is 1. The van der Waals surface area contributed by atoms with Gasteiger partial charge < -0.3 is 9.30 Å². The number of fused-ring (bicyclic) bond motifs is 7. The number of pyridine rings is 1. The summed E-state index contributed by atoms with van der Waals surface area (Å²) in [5.41, 5.74) is 4.45. The highest BCUT2D eigenvalue weighted by molar-refractivity contribution is 7.26. The first-order valence-corrected chi connectivity index (χ1v) is 10.0. The van der Waals surface area contributed by atoms with Crippen molar-refractivity contribution >= 4 is 53.4 Å². The highest BCUT2D eigenvalue weighted by Crippen LogP contribution is 2.42. The quantitative estimate of drug-likeness (QED) is 0.340. The third kappa shape index (κ3) is 2.06. The van der Waals surface area contributed by atoms with Gasteiger partial charge in [-0.1, -0.05) is 24.3 Å².